The van der Waals surface area contributed by atoms with Crippen LogP contribution in [0.5, 0.6) is 17.2 Å². The van der Waals surface area contributed by atoms with Crippen molar-refractivity contribution in [1.82, 2.24) is 5.43 Å². The Bertz CT molecular complexity index is 760. The minimum Gasteiger partial charge on any atom is -0.503 e. The SMILES string of the molecule is CCCOc1ccc(C(=O)N/N=C\c2cc(Br)c(O)c(OC)c2)cc1. The van der Waals surface area contributed by atoms with Gasteiger partial charge in [0.15, 0.2) is 11.5 Å². The molecule has 0 aromatic heterocycles. The Balaban J connectivity index is 1.99. The Hall–Kier alpha value is -2.54. The largest absolute Gasteiger partial charge is 0.503 e. The van der Waals surface area contributed by atoms with E-state index in [0.717, 1.165) is 12.2 Å². The highest BCUT2D eigenvalue weighted by Crippen LogP contribution is 2.34. The molecule has 6 nitrogen and oxygen atoms in total. The summed E-state index contributed by atoms with van der Waals surface area (Å²) >= 11 is 3.23. The number of carbonyl (C=O) groups excluding carboxylic acids is 1. The lowest BCUT2D eigenvalue weighted by atomic mass is 10.2. The molecule has 0 aliphatic carbocycles. The molecule has 2 aromatic carbocycles. The van der Waals surface area contributed by atoms with Crippen LogP contribution in [0.1, 0.15) is 29.3 Å². The molecule has 0 unspecified atom stereocenters. The van der Waals surface area contributed by atoms with Gasteiger partial charge in [0.25, 0.3) is 5.91 Å². The van der Waals surface area contributed by atoms with Crippen LogP contribution in [0.4, 0.5) is 0 Å². The maximum Gasteiger partial charge on any atom is 0.271 e. The Labute approximate surface area is 154 Å². The molecule has 2 rings (SSSR count). The van der Waals surface area contributed by atoms with Crippen molar-refractivity contribution in [3.8, 4) is 17.2 Å². The van der Waals surface area contributed by atoms with Crippen molar-refractivity contribution in [2.45, 2.75) is 13.3 Å². The summed E-state index contributed by atoms with van der Waals surface area (Å²) in [4.78, 5) is 12.1. The molecule has 25 heavy (non-hydrogen) atoms. The number of hydrogen-bond acceptors (Lipinski definition) is 5. The summed E-state index contributed by atoms with van der Waals surface area (Å²) < 4.78 is 11.0. The van der Waals surface area contributed by atoms with E-state index in [-0.39, 0.29) is 11.7 Å². The number of ether oxygens (including phenoxy) is 2. The first kappa shape index (κ1) is 18.8. The zero-order valence-corrected chi connectivity index (χ0v) is 15.5. The van der Waals surface area contributed by atoms with Crippen LogP contribution in [0.15, 0.2) is 46.0 Å². The molecule has 0 saturated carbocycles. The molecular weight excluding hydrogens is 388 g/mol. The second-order valence-electron chi connectivity index (χ2n) is 5.13. The molecule has 1 amide bonds. The van der Waals surface area contributed by atoms with Crippen LogP contribution in [0, 0.1) is 0 Å². The predicted octanol–water partition coefficient (Wildman–Crippen LogP) is 3.72. The summed E-state index contributed by atoms with van der Waals surface area (Å²) in [6.07, 6.45) is 2.39. The van der Waals surface area contributed by atoms with Crippen molar-refractivity contribution in [3.63, 3.8) is 0 Å². The summed E-state index contributed by atoms with van der Waals surface area (Å²) in [7, 11) is 1.46. The number of amides is 1. The van der Waals surface area contributed by atoms with Crippen molar-refractivity contribution >= 4 is 28.1 Å². The van der Waals surface area contributed by atoms with Crippen molar-refractivity contribution in [2.75, 3.05) is 13.7 Å². The molecule has 0 spiro atoms. The highest BCUT2D eigenvalue weighted by atomic mass is 79.9. The van der Waals surface area contributed by atoms with E-state index in [4.69, 9.17) is 9.47 Å². The Morgan fingerprint density at radius 1 is 1.32 bits per heavy atom. The van der Waals surface area contributed by atoms with Crippen LogP contribution in [-0.2, 0) is 0 Å². The summed E-state index contributed by atoms with van der Waals surface area (Å²) in [6, 6.07) is 10.1. The molecule has 132 valence electrons. The quantitative estimate of drug-likeness (QED) is 0.542. The van der Waals surface area contributed by atoms with Crippen LogP contribution in [0.25, 0.3) is 0 Å². The van der Waals surface area contributed by atoms with Gasteiger partial charge in [0, 0.05) is 5.56 Å². The monoisotopic (exact) mass is 406 g/mol. The van der Waals surface area contributed by atoms with Gasteiger partial charge in [-0.15, -0.1) is 0 Å². The average molecular weight is 407 g/mol. The Morgan fingerprint density at radius 3 is 2.68 bits per heavy atom. The van der Waals surface area contributed by atoms with Crippen LogP contribution in [0.2, 0.25) is 0 Å². The van der Waals surface area contributed by atoms with Gasteiger partial charge in [0.05, 0.1) is 24.4 Å². The molecule has 2 aromatic rings. The number of hydrogen-bond donors (Lipinski definition) is 2. The van der Waals surface area contributed by atoms with E-state index >= 15 is 0 Å². The number of halogens is 1. The van der Waals surface area contributed by atoms with Crippen molar-refractivity contribution in [3.05, 3.63) is 52.0 Å². The van der Waals surface area contributed by atoms with Gasteiger partial charge >= 0.3 is 0 Å². The predicted molar refractivity (Wildman–Crippen MR) is 99.6 cm³/mol. The molecule has 0 bridgehead atoms. The number of aromatic hydroxyl groups is 1. The topological polar surface area (TPSA) is 80.2 Å². The number of carbonyl (C=O) groups is 1. The number of methoxy groups -OCH3 is 1. The van der Waals surface area contributed by atoms with Crippen molar-refractivity contribution in [1.29, 1.82) is 0 Å². The second kappa shape index (κ2) is 9.08. The lowest BCUT2D eigenvalue weighted by Gasteiger charge is -2.06. The average Bonchev–Trinajstić information content (AvgIpc) is 2.63. The van der Waals surface area contributed by atoms with Gasteiger partial charge in [-0.2, -0.15) is 5.10 Å². The van der Waals surface area contributed by atoms with Gasteiger partial charge < -0.3 is 14.6 Å². The Morgan fingerprint density at radius 2 is 2.04 bits per heavy atom. The van der Waals surface area contributed by atoms with Crippen LogP contribution < -0.4 is 14.9 Å². The number of nitrogens with one attached hydrogen (secondary N) is 1. The fourth-order valence-electron chi connectivity index (χ4n) is 1.98. The highest BCUT2D eigenvalue weighted by Gasteiger charge is 2.08. The molecule has 0 saturated heterocycles. The zero-order chi connectivity index (χ0) is 18.2. The number of phenols is 1. The lowest BCUT2D eigenvalue weighted by Crippen LogP contribution is -2.17. The third kappa shape index (κ3) is 5.22. The summed E-state index contributed by atoms with van der Waals surface area (Å²) in [5.41, 5.74) is 3.59. The molecule has 0 heterocycles. The first-order valence-electron chi connectivity index (χ1n) is 7.68. The molecule has 0 fully saturated rings. The number of rotatable bonds is 7. The van der Waals surface area contributed by atoms with Crippen molar-refractivity contribution < 1.29 is 19.4 Å². The second-order valence-corrected chi connectivity index (χ2v) is 5.98. The van der Waals surface area contributed by atoms with Gasteiger partial charge in [-0.25, -0.2) is 5.43 Å². The summed E-state index contributed by atoms with van der Waals surface area (Å²) in [5, 5.41) is 13.7. The van der Waals surface area contributed by atoms with Gasteiger partial charge in [-0.05, 0) is 64.3 Å². The van der Waals surface area contributed by atoms with Gasteiger partial charge in [0.1, 0.15) is 5.75 Å². The van der Waals surface area contributed by atoms with Crippen LogP contribution >= 0.6 is 15.9 Å². The minimum absolute atomic E-state index is 0.00840. The van der Waals surface area contributed by atoms with Gasteiger partial charge in [-0.1, -0.05) is 6.92 Å². The van der Waals surface area contributed by atoms with Gasteiger partial charge in [-0.3, -0.25) is 4.79 Å². The van der Waals surface area contributed by atoms with E-state index in [1.165, 1.54) is 13.3 Å². The van der Waals surface area contributed by atoms with Gasteiger partial charge in [0.2, 0.25) is 0 Å². The number of phenolic OH excluding ortho intramolecular Hbond substituents is 1. The van der Waals surface area contributed by atoms with Crippen LogP contribution in [-0.4, -0.2) is 30.9 Å². The van der Waals surface area contributed by atoms with E-state index in [1.54, 1.807) is 36.4 Å². The van der Waals surface area contributed by atoms with E-state index in [2.05, 4.69) is 26.5 Å². The summed E-state index contributed by atoms with van der Waals surface area (Å²) in [6.45, 7) is 2.67. The maximum absolute atomic E-state index is 12.1. The summed E-state index contributed by atoms with van der Waals surface area (Å²) in [5.74, 6) is 0.713. The fraction of sp³-hybridized carbons (Fsp3) is 0.222. The molecule has 0 radical (unpaired) electrons. The van der Waals surface area contributed by atoms with Crippen molar-refractivity contribution in [2.24, 2.45) is 5.10 Å². The maximum atomic E-state index is 12.1. The highest BCUT2D eigenvalue weighted by molar-refractivity contribution is 9.10. The number of benzene rings is 2. The van der Waals surface area contributed by atoms with E-state index in [0.29, 0.717) is 28.0 Å². The minimum atomic E-state index is -0.330. The molecule has 2 N–H and O–H groups in total. The smallest absolute Gasteiger partial charge is 0.271 e. The molecule has 0 aliphatic rings. The lowest BCUT2D eigenvalue weighted by molar-refractivity contribution is 0.0955. The standard InChI is InChI=1S/C18H19BrN2O4/c1-3-8-25-14-6-4-13(5-7-14)18(23)21-20-11-12-9-15(19)17(22)16(10-12)24-2/h4-7,9-11,22H,3,8H2,1-2H3,(H,21,23)/b20-11-. The normalized spacial score (nSPS) is 10.7. The first-order chi connectivity index (χ1) is 12.0. The molecule has 0 atom stereocenters. The van der Waals surface area contributed by atoms with E-state index in [9.17, 15) is 9.90 Å². The fourth-order valence-corrected chi connectivity index (χ4v) is 2.44. The third-order valence-corrected chi connectivity index (χ3v) is 3.84. The first-order valence-corrected chi connectivity index (χ1v) is 8.47. The number of nitrogens with zero attached hydrogens (tertiary/aromatic N) is 1. The zero-order valence-electron chi connectivity index (χ0n) is 14.0. The van der Waals surface area contributed by atoms with Crippen LogP contribution in [0.3, 0.4) is 0 Å². The van der Waals surface area contributed by atoms with E-state index in [1.807, 2.05) is 6.92 Å². The molecule has 7 heteroatoms. The molecular formula is C18H19BrN2O4. The molecule has 0 aliphatic heterocycles. The third-order valence-electron chi connectivity index (χ3n) is 3.24. The Kier molecular flexibility index (Phi) is 6.82. The number of hydrazone groups is 1. The van der Waals surface area contributed by atoms with E-state index < -0.39 is 0 Å².